The van der Waals surface area contributed by atoms with E-state index in [0.717, 1.165) is 11.4 Å². The first-order valence-electron chi connectivity index (χ1n) is 15.4. The molecule has 7 aromatic carbocycles. The van der Waals surface area contributed by atoms with E-state index in [4.69, 9.17) is 0 Å². The highest BCUT2D eigenvalue weighted by molar-refractivity contribution is 6.06. The normalized spacial score (nSPS) is 13.0. The maximum Gasteiger partial charge on any atom is 0.0549 e. The SMILES string of the molecule is CC1(C)c2ccccc2-c2c(N(c3cccc(-c4ccccc4)c3)c3ccccc3-c3ccccc3)cc3ccccc3c21. The van der Waals surface area contributed by atoms with Crippen molar-refractivity contribution in [3.63, 3.8) is 0 Å². The van der Waals surface area contributed by atoms with Gasteiger partial charge < -0.3 is 4.90 Å². The minimum atomic E-state index is -0.141. The highest BCUT2D eigenvalue weighted by Gasteiger charge is 2.39. The number of hydrogen-bond donors (Lipinski definition) is 0. The molecular formula is C43H33N. The first-order chi connectivity index (χ1) is 21.6. The maximum absolute atomic E-state index is 2.50. The molecule has 1 heteroatoms. The molecule has 0 heterocycles. The minimum Gasteiger partial charge on any atom is -0.309 e. The van der Waals surface area contributed by atoms with Gasteiger partial charge in [0.25, 0.3) is 0 Å². The van der Waals surface area contributed by atoms with Gasteiger partial charge in [0.1, 0.15) is 0 Å². The zero-order valence-corrected chi connectivity index (χ0v) is 25.0. The van der Waals surface area contributed by atoms with Crippen LogP contribution in [0, 0.1) is 0 Å². The van der Waals surface area contributed by atoms with Gasteiger partial charge in [-0.15, -0.1) is 0 Å². The van der Waals surface area contributed by atoms with Crippen LogP contribution in [0.2, 0.25) is 0 Å². The Balaban J connectivity index is 1.49. The van der Waals surface area contributed by atoms with Crippen LogP contribution in [0.5, 0.6) is 0 Å². The summed E-state index contributed by atoms with van der Waals surface area (Å²) in [6.45, 7) is 4.76. The zero-order chi connectivity index (χ0) is 29.7. The summed E-state index contributed by atoms with van der Waals surface area (Å²) in [5.41, 5.74) is 13.6. The average molecular weight is 564 g/mol. The van der Waals surface area contributed by atoms with E-state index in [1.807, 2.05) is 0 Å². The number of fused-ring (bicyclic) bond motifs is 5. The molecule has 0 spiro atoms. The van der Waals surface area contributed by atoms with E-state index in [1.54, 1.807) is 0 Å². The van der Waals surface area contributed by atoms with Gasteiger partial charge in [0.15, 0.2) is 0 Å². The third-order valence-electron chi connectivity index (χ3n) is 9.21. The van der Waals surface area contributed by atoms with E-state index in [9.17, 15) is 0 Å². The van der Waals surface area contributed by atoms with Crippen molar-refractivity contribution in [2.75, 3.05) is 4.90 Å². The van der Waals surface area contributed by atoms with Crippen molar-refractivity contribution in [3.8, 4) is 33.4 Å². The van der Waals surface area contributed by atoms with Crippen molar-refractivity contribution in [1.29, 1.82) is 0 Å². The average Bonchev–Trinajstić information content (AvgIpc) is 3.33. The Morgan fingerprint density at radius 1 is 0.455 bits per heavy atom. The molecule has 0 bridgehead atoms. The molecule has 1 aliphatic carbocycles. The van der Waals surface area contributed by atoms with Crippen LogP contribution in [0.15, 0.2) is 164 Å². The molecule has 1 aliphatic rings. The van der Waals surface area contributed by atoms with Crippen LogP contribution in [0.4, 0.5) is 17.1 Å². The molecule has 1 nitrogen and oxygen atoms in total. The summed E-state index contributed by atoms with van der Waals surface area (Å²) in [4.78, 5) is 2.50. The number of anilines is 3. The Morgan fingerprint density at radius 3 is 1.86 bits per heavy atom. The molecule has 7 aromatic rings. The summed E-state index contributed by atoms with van der Waals surface area (Å²) in [5.74, 6) is 0. The van der Waals surface area contributed by atoms with Crippen molar-refractivity contribution in [2.45, 2.75) is 19.3 Å². The molecule has 0 amide bonds. The second-order valence-electron chi connectivity index (χ2n) is 12.2. The van der Waals surface area contributed by atoms with Crippen molar-refractivity contribution in [2.24, 2.45) is 0 Å². The molecule has 0 saturated carbocycles. The van der Waals surface area contributed by atoms with Crippen LogP contribution in [-0.4, -0.2) is 0 Å². The van der Waals surface area contributed by atoms with E-state index < -0.39 is 0 Å². The molecule has 0 atom stereocenters. The van der Waals surface area contributed by atoms with Gasteiger partial charge in [-0.05, 0) is 68.4 Å². The third-order valence-corrected chi connectivity index (χ3v) is 9.21. The second kappa shape index (κ2) is 10.4. The van der Waals surface area contributed by atoms with E-state index in [2.05, 4.69) is 183 Å². The Kier molecular flexibility index (Phi) is 6.20. The molecular weight excluding hydrogens is 530 g/mol. The molecule has 0 aromatic heterocycles. The smallest absolute Gasteiger partial charge is 0.0549 e. The van der Waals surface area contributed by atoms with Crippen LogP contribution in [-0.2, 0) is 5.41 Å². The molecule has 0 aliphatic heterocycles. The summed E-state index contributed by atoms with van der Waals surface area (Å²) >= 11 is 0. The lowest BCUT2D eigenvalue weighted by Crippen LogP contribution is -2.17. The summed E-state index contributed by atoms with van der Waals surface area (Å²) in [6, 6.07) is 59.5. The quantitative estimate of drug-likeness (QED) is 0.201. The van der Waals surface area contributed by atoms with Crippen LogP contribution < -0.4 is 4.90 Å². The van der Waals surface area contributed by atoms with Crippen molar-refractivity contribution < 1.29 is 0 Å². The Labute approximate surface area is 259 Å². The molecule has 210 valence electrons. The minimum absolute atomic E-state index is 0.141. The van der Waals surface area contributed by atoms with Gasteiger partial charge in [0, 0.05) is 22.2 Å². The summed E-state index contributed by atoms with van der Waals surface area (Å²) < 4.78 is 0. The Hall–Kier alpha value is -5.40. The lowest BCUT2D eigenvalue weighted by molar-refractivity contribution is 0.666. The van der Waals surface area contributed by atoms with Crippen molar-refractivity contribution in [1.82, 2.24) is 0 Å². The van der Waals surface area contributed by atoms with Gasteiger partial charge in [0.05, 0.1) is 11.4 Å². The maximum atomic E-state index is 2.50. The monoisotopic (exact) mass is 563 g/mol. The first-order valence-corrected chi connectivity index (χ1v) is 15.4. The van der Waals surface area contributed by atoms with Crippen molar-refractivity contribution in [3.05, 3.63) is 175 Å². The largest absolute Gasteiger partial charge is 0.309 e. The van der Waals surface area contributed by atoms with Gasteiger partial charge >= 0.3 is 0 Å². The molecule has 0 radical (unpaired) electrons. The van der Waals surface area contributed by atoms with Crippen molar-refractivity contribution >= 4 is 27.8 Å². The molecule has 0 saturated heterocycles. The predicted molar refractivity (Wildman–Crippen MR) is 187 cm³/mol. The van der Waals surface area contributed by atoms with Crippen LogP contribution in [0.3, 0.4) is 0 Å². The standard InChI is InChI=1S/C43H33N/c1-43(2)38-26-13-11-25-37(38)41-40(29-33-20-9-10-24-36(33)42(41)43)44(34-22-15-21-32(28-34)30-16-5-3-6-17-30)39-27-14-12-23-35(39)31-18-7-4-8-19-31/h3-29H,1-2H3. The summed E-state index contributed by atoms with van der Waals surface area (Å²) in [7, 11) is 0. The number of rotatable bonds is 5. The summed E-state index contributed by atoms with van der Waals surface area (Å²) in [5, 5.41) is 2.57. The third kappa shape index (κ3) is 4.16. The molecule has 0 N–H and O–H groups in total. The second-order valence-corrected chi connectivity index (χ2v) is 12.2. The molecule has 0 unspecified atom stereocenters. The number of benzene rings is 7. The van der Waals surface area contributed by atoms with Gasteiger partial charge in [0.2, 0.25) is 0 Å². The van der Waals surface area contributed by atoms with E-state index in [0.29, 0.717) is 0 Å². The number of nitrogens with zero attached hydrogens (tertiary/aromatic N) is 1. The zero-order valence-electron chi connectivity index (χ0n) is 25.0. The lowest BCUT2D eigenvalue weighted by atomic mass is 9.80. The first kappa shape index (κ1) is 26.2. The van der Waals surface area contributed by atoms with Crippen LogP contribution in [0.1, 0.15) is 25.0 Å². The topological polar surface area (TPSA) is 3.24 Å². The summed E-state index contributed by atoms with van der Waals surface area (Å²) in [6.07, 6.45) is 0. The molecule has 8 rings (SSSR count). The van der Waals surface area contributed by atoms with Crippen LogP contribution in [0.25, 0.3) is 44.2 Å². The predicted octanol–water partition coefficient (Wildman–Crippen LogP) is 11.9. The van der Waals surface area contributed by atoms with Gasteiger partial charge in [-0.3, -0.25) is 0 Å². The van der Waals surface area contributed by atoms with Gasteiger partial charge in [-0.25, -0.2) is 0 Å². The highest BCUT2D eigenvalue weighted by atomic mass is 15.1. The molecule has 0 fully saturated rings. The van der Waals surface area contributed by atoms with E-state index in [-0.39, 0.29) is 5.41 Å². The molecule has 44 heavy (non-hydrogen) atoms. The van der Waals surface area contributed by atoms with Gasteiger partial charge in [-0.1, -0.05) is 153 Å². The highest BCUT2D eigenvalue weighted by Crippen LogP contribution is 2.57. The van der Waals surface area contributed by atoms with E-state index >= 15 is 0 Å². The number of hydrogen-bond acceptors (Lipinski definition) is 1. The van der Waals surface area contributed by atoms with E-state index in [1.165, 1.54) is 61.0 Å². The fourth-order valence-corrected chi connectivity index (χ4v) is 7.21. The fraction of sp³-hybridized carbons (Fsp3) is 0.0698. The van der Waals surface area contributed by atoms with Gasteiger partial charge in [-0.2, -0.15) is 0 Å². The van der Waals surface area contributed by atoms with Crippen LogP contribution >= 0.6 is 0 Å². The fourth-order valence-electron chi connectivity index (χ4n) is 7.21. The Morgan fingerprint density at radius 2 is 1.07 bits per heavy atom. The Bertz CT molecular complexity index is 2140. The number of para-hydroxylation sites is 1. The lowest BCUT2D eigenvalue weighted by Gasteiger charge is -2.31.